The molecule has 2 aromatic carbocycles. The summed E-state index contributed by atoms with van der Waals surface area (Å²) in [6.45, 7) is 3.43. The van der Waals surface area contributed by atoms with Crippen molar-refractivity contribution in [1.82, 2.24) is 10.6 Å². The number of benzene rings is 2. The van der Waals surface area contributed by atoms with Crippen LogP contribution in [0.15, 0.2) is 42.5 Å². The molecule has 2 N–H and O–H groups in total. The van der Waals surface area contributed by atoms with E-state index in [0.717, 1.165) is 30.0 Å². The Morgan fingerprint density at radius 2 is 2.00 bits per heavy atom. The summed E-state index contributed by atoms with van der Waals surface area (Å²) >= 11 is 0. The van der Waals surface area contributed by atoms with Gasteiger partial charge in [0, 0.05) is 42.8 Å². The van der Waals surface area contributed by atoms with Gasteiger partial charge in [-0.05, 0) is 68.2 Å². The minimum absolute atomic E-state index is 0.00183. The summed E-state index contributed by atoms with van der Waals surface area (Å²) in [7, 11) is 1.92. The van der Waals surface area contributed by atoms with Crippen molar-refractivity contribution in [2.24, 2.45) is 5.92 Å². The largest absolute Gasteiger partial charge is 0.494 e. The Morgan fingerprint density at radius 3 is 2.81 bits per heavy atom. The molecular weight excluding hydrogens is 398 g/mol. The van der Waals surface area contributed by atoms with Crippen molar-refractivity contribution >= 4 is 11.6 Å². The predicted molar refractivity (Wildman–Crippen MR) is 126 cm³/mol. The molecule has 0 radical (unpaired) electrons. The van der Waals surface area contributed by atoms with Crippen LogP contribution in [0.1, 0.15) is 61.6 Å². The number of hydrogen-bond acceptors (Lipinski definition) is 4. The number of fused-ring (bicyclic) bond motifs is 5. The maximum Gasteiger partial charge on any atom is 0.230 e. The van der Waals surface area contributed by atoms with Gasteiger partial charge in [0.2, 0.25) is 5.91 Å². The molecule has 2 aromatic rings. The molecule has 1 saturated carbocycles. The molecule has 1 amide bonds. The maximum absolute atomic E-state index is 12.6. The van der Waals surface area contributed by atoms with Gasteiger partial charge in [-0.15, -0.1) is 0 Å². The van der Waals surface area contributed by atoms with Crippen LogP contribution in [-0.4, -0.2) is 31.6 Å². The molecule has 32 heavy (non-hydrogen) atoms. The van der Waals surface area contributed by atoms with Crippen molar-refractivity contribution in [2.75, 3.05) is 18.6 Å². The van der Waals surface area contributed by atoms with Crippen LogP contribution in [-0.2, 0) is 16.9 Å². The number of anilines is 1. The van der Waals surface area contributed by atoms with E-state index in [1.165, 1.54) is 36.8 Å². The van der Waals surface area contributed by atoms with Gasteiger partial charge in [0.1, 0.15) is 5.75 Å². The molecule has 1 aliphatic carbocycles. The molecule has 3 heterocycles. The van der Waals surface area contributed by atoms with E-state index >= 15 is 0 Å². The lowest BCUT2D eigenvalue weighted by Crippen LogP contribution is -2.58. The Labute approximate surface area is 190 Å². The highest BCUT2D eigenvalue weighted by Gasteiger charge is 2.51. The average molecular weight is 432 g/mol. The van der Waals surface area contributed by atoms with Gasteiger partial charge < -0.3 is 20.3 Å². The van der Waals surface area contributed by atoms with Crippen molar-refractivity contribution < 1.29 is 9.53 Å². The summed E-state index contributed by atoms with van der Waals surface area (Å²) in [4.78, 5) is 14.5. The molecule has 2 bridgehead atoms. The smallest absolute Gasteiger partial charge is 0.230 e. The zero-order valence-corrected chi connectivity index (χ0v) is 19.1. The Morgan fingerprint density at radius 1 is 1.16 bits per heavy atom. The Hall–Kier alpha value is -2.37. The number of nitrogens with one attached hydrogen (secondary N) is 2. The first-order valence-corrected chi connectivity index (χ1v) is 12.2. The Kier molecular flexibility index (Phi) is 4.81. The van der Waals surface area contributed by atoms with Gasteiger partial charge in [0.15, 0.2) is 0 Å². The maximum atomic E-state index is 12.6. The van der Waals surface area contributed by atoms with Crippen molar-refractivity contribution in [1.29, 1.82) is 0 Å². The number of carbonyl (C=O) groups excluding carboxylic acids is 1. The van der Waals surface area contributed by atoms with Crippen molar-refractivity contribution in [3.05, 3.63) is 59.2 Å². The van der Waals surface area contributed by atoms with Crippen molar-refractivity contribution in [2.45, 2.75) is 69.1 Å². The SMILES string of the molecule is CCOc1cc2c(cc1CNC1CCC3CCC1(c1ccccc1)N3)N(C)C(=O)C1CC21. The molecule has 168 valence electrons. The zero-order chi connectivity index (χ0) is 21.9. The first-order chi connectivity index (χ1) is 15.6. The summed E-state index contributed by atoms with van der Waals surface area (Å²) in [5, 5.41) is 7.89. The molecule has 4 aliphatic rings. The lowest BCUT2D eigenvalue weighted by Gasteiger charge is -2.43. The molecule has 5 atom stereocenters. The Bertz CT molecular complexity index is 1040. The van der Waals surface area contributed by atoms with E-state index in [1.807, 2.05) is 18.9 Å². The van der Waals surface area contributed by atoms with Crippen LogP contribution in [0.25, 0.3) is 0 Å². The monoisotopic (exact) mass is 431 g/mol. The van der Waals surface area contributed by atoms with Crippen LogP contribution in [0.5, 0.6) is 5.75 Å². The highest BCUT2D eigenvalue weighted by atomic mass is 16.5. The van der Waals surface area contributed by atoms with Crippen LogP contribution >= 0.6 is 0 Å². The summed E-state index contributed by atoms with van der Waals surface area (Å²) in [5.41, 5.74) is 4.88. The van der Waals surface area contributed by atoms with E-state index in [1.54, 1.807) is 0 Å². The lowest BCUT2D eigenvalue weighted by atomic mass is 9.79. The fourth-order valence-corrected chi connectivity index (χ4v) is 6.51. The van der Waals surface area contributed by atoms with Gasteiger partial charge in [0.25, 0.3) is 0 Å². The molecule has 5 unspecified atom stereocenters. The van der Waals surface area contributed by atoms with Crippen LogP contribution in [0.4, 0.5) is 5.69 Å². The predicted octanol–water partition coefficient (Wildman–Crippen LogP) is 4.06. The quantitative estimate of drug-likeness (QED) is 0.724. The number of ether oxygens (including phenoxy) is 1. The number of amides is 1. The number of carbonyl (C=O) groups is 1. The summed E-state index contributed by atoms with van der Waals surface area (Å²) < 4.78 is 6.08. The van der Waals surface area contributed by atoms with E-state index < -0.39 is 0 Å². The Balaban J connectivity index is 1.30. The van der Waals surface area contributed by atoms with E-state index in [0.29, 0.717) is 24.6 Å². The fourth-order valence-electron chi connectivity index (χ4n) is 6.51. The van der Waals surface area contributed by atoms with Gasteiger partial charge in [-0.1, -0.05) is 30.3 Å². The minimum atomic E-state index is -0.00183. The highest BCUT2D eigenvalue weighted by Crippen LogP contribution is 2.56. The third-order valence-corrected chi connectivity index (χ3v) is 8.28. The van der Waals surface area contributed by atoms with Crippen LogP contribution in [0.2, 0.25) is 0 Å². The topological polar surface area (TPSA) is 53.6 Å². The molecule has 0 aromatic heterocycles. The van der Waals surface area contributed by atoms with Gasteiger partial charge in [0.05, 0.1) is 12.1 Å². The van der Waals surface area contributed by atoms with Crippen molar-refractivity contribution in [3.63, 3.8) is 0 Å². The zero-order valence-electron chi connectivity index (χ0n) is 19.1. The third-order valence-electron chi connectivity index (χ3n) is 8.28. The minimum Gasteiger partial charge on any atom is -0.494 e. The van der Waals surface area contributed by atoms with Gasteiger partial charge >= 0.3 is 0 Å². The molecule has 6 rings (SSSR count). The van der Waals surface area contributed by atoms with E-state index in [2.05, 4.69) is 53.1 Å². The summed E-state index contributed by atoms with van der Waals surface area (Å²) in [5.74, 6) is 1.80. The van der Waals surface area contributed by atoms with Crippen LogP contribution < -0.4 is 20.3 Å². The van der Waals surface area contributed by atoms with Crippen LogP contribution in [0, 0.1) is 5.92 Å². The second kappa shape index (κ2) is 7.60. The summed E-state index contributed by atoms with van der Waals surface area (Å²) in [6.07, 6.45) is 5.78. The number of hydrogen-bond donors (Lipinski definition) is 2. The first-order valence-electron chi connectivity index (χ1n) is 12.2. The van der Waals surface area contributed by atoms with E-state index in [4.69, 9.17) is 4.74 Å². The standard InChI is InChI=1S/C27H33N3O2/c1-3-32-24-15-21-20-14-22(20)26(31)30(2)23(21)13-17(24)16-28-25-10-9-19-11-12-27(25,29-19)18-7-5-4-6-8-18/h4-8,13,15,19-20,22,25,28-29H,3,9-12,14,16H2,1-2H3. The molecule has 2 saturated heterocycles. The average Bonchev–Trinajstić information content (AvgIpc) is 3.55. The number of piperidine rings is 1. The fraction of sp³-hybridized carbons (Fsp3) is 0.519. The second-order valence-corrected chi connectivity index (χ2v) is 10.0. The first kappa shape index (κ1) is 20.3. The lowest BCUT2D eigenvalue weighted by molar-refractivity contribution is -0.119. The highest BCUT2D eigenvalue weighted by molar-refractivity contribution is 6.01. The van der Waals surface area contributed by atoms with Gasteiger partial charge in [-0.3, -0.25) is 4.79 Å². The molecule has 5 nitrogen and oxygen atoms in total. The van der Waals surface area contributed by atoms with E-state index in [-0.39, 0.29) is 17.4 Å². The van der Waals surface area contributed by atoms with Gasteiger partial charge in [-0.2, -0.15) is 0 Å². The molecule has 0 spiro atoms. The molecular formula is C27H33N3O2. The molecule has 3 aliphatic heterocycles. The summed E-state index contributed by atoms with van der Waals surface area (Å²) in [6, 6.07) is 16.3. The normalized spacial score (nSPS) is 32.4. The number of nitrogens with zero attached hydrogens (tertiary/aromatic N) is 1. The van der Waals surface area contributed by atoms with E-state index in [9.17, 15) is 4.79 Å². The van der Waals surface area contributed by atoms with Crippen molar-refractivity contribution in [3.8, 4) is 5.75 Å². The third kappa shape index (κ3) is 3.09. The van der Waals surface area contributed by atoms with Gasteiger partial charge in [-0.25, -0.2) is 0 Å². The molecule has 3 fully saturated rings. The van der Waals surface area contributed by atoms with Crippen LogP contribution in [0.3, 0.4) is 0 Å². The molecule has 5 heteroatoms. The second-order valence-electron chi connectivity index (χ2n) is 10.0. The number of rotatable bonds is 6.